The van der Waals surface area contributed by atoms with Crippen molar-refractivity contribution in [2.75, 3.05) is 7.11 Å². The Bertz CT molecular complexity index is 1130. The van der Waals surface area contributed by atoms with E-state index in [1.807, 2.05) is 18.2 Å². The van der Waals surface area contributed by atoms with Crippen LogP contribution in [0.25, 0.3) is 33.3 Å². The standard InChI is InChI=1S/C19H12ClNO4/c1-24-16-4-2-3-10-7-17(25-18(10)16)15-9-13(19(22)23)12-8-11(20)5-6-14(12)21-15/h2-9H,1H3,(H,22,23). The van der Waals surface area contributed by atoms with Crippen LogP contribution >= 0.6 is 11.6 Å². The number of furan rings is 1. The molecular formula is C19H12ClNO4. The molecule has 25 heavy (non-hydrogen) atoms. The number of methoxy groups -OCH3 is 1. The molecule has 0 bridgehead atoms. The molecule has 0 aliphatic carbocycles. The van der Waals surface area contributed by atoms with Gasteiger partial charge in [0.15, 0.2) is 17.1 Å². The van der Waals surface area contributed by atoms with E-state index < -0.39 is 5.97 Å². The van der Waals surface area contributed by atoms with Crippen LogP contribution in [-0.2, 0) is 0 Å². The van der Waals surface area contributed by atoms with Gasteiger partial charge in [-0.15, -0.1) is 0 Å². The fraction of sp³-hybridized carbons (Fsp3) is 0.0526. The number of ether oxygens (including phenoxy) is 1. The Morgan fingerprint density at radius 3 is 2.80 bits per heavy atom. The van der Waals surface area contributed by atoms with E-state index in [1.165, 1.54) is 6.07 Å². The molecule has 0 saturated heterocycles. The summed E-state index contributed by atoms with van der Waals surface area (Å²) in [6, 6.07) is 13.8. The minimum atomic E-state index is -1.05. The summed E-state index contributed by atoms with van der Waals surface area (Å²) in [7, 11) is 1.57. The van der Waals surface area contributed by atoms with Crippen molar-refractivity contribution in [2.24, 2.45) is 0 Å². The molecule has 0 spiro atoms. The van der Waals surface area contributed by atoms with E-state index >= 15 is 0 Å². The summed E-state index contributed by atoms with van der Waals surface area (Å²) in [5.74, 6) is 0.0261. The summed E-state index contributed by atoms with van der Waals surface area (Å²) in [5.41, 5.74) is 1.68. The molecule has 2 aromatic carbocycles. The minimum absolute atomic E-state index is 0.120. The average Bonchev–Trinajstić information content (AvgIpc) is 3.04. The molecule has 0 unspecified atom stereocenters. The lowest BCUT2D eigenvalue weighted by Crippen LogP contribution is -2.00. The second-order valence-electron chi connectivity index (χ2n) is 5.51. The van der Waals surface area contributed by atoms with E-state index in [9.17, 15) is 9.90 Å². The topological polar surface area (TPSA) is 72.6 Å². The number of carboxylic acid groups (broad SMARTS) is 1. The van der Waals surface area contributed by atoms with Gasteiger partial charge in [0, 0.05) is 15.8 Å². The Kier molecular flexibility index (Phi) is 3.58. The maximum atomic E-state index is 11.7. The van der Waals surface area contributed by atoms with E-state index in [-0.39, 0.29) is 5.56 Å². The quantitative estimate of drug-likeness (QED) is 0.560. The van der Waals surface area contributed by atoms with Gasteiger partial charge < -0.3 is 14.3 Å². The van der Waals surface area contributed by atoms with Crippen LogP contribution in [0.3, 0.4) is 0 Å². The van der Waals surface area contributed by atoms with Crippen LogP contribution in [0.4, 0.5) is 0 Å². The molecule has 2 heterocycles. The fourth-order valence-corrected chi connectivity index (χ4v) is 3.00. The molecular weight excluding hydrogens is 342 g/mol. The van der Waals surface area contributed by atoms with Crippen molar-refractivity contribution in [3.8, 4) is 17.2 Å². The largest absolute Gasteiger partial charge is 0.493 e. The Hall–Kier alpha value is -3.05. The average molecular weight is 354 g/mol. The SMILES string of the molecule is COc1cccc2cc(-c3cc(C(=O)O)c4cc(Cl)ccc4n3)oc12. The number of carbonyl (C=O) groups is 1. The number of hydrogen-bond donors (Lipinski definition) is 1. The highest BCUT2D eigenvalue weighted by molar-refractivity contribution is 6.31. The molecule has 1 N–H and O–H groups in total. The smallest absolute Gasteiger partial charge is 0.336 e. The van der Waals surface area contributed by atoms with Crippen molar-refractivity contribution in [1.29, 1.82) is 0 Å². The predicted molar refractivity (Wildman–Crippen MR) is 95.5 cm³/mol. The van der Waals surface area contributed by atoms with Crippen molar-refractivity contribution < 1.29 is 19.1 Å². The Morgan fingerprint density at radius 1 is 1.20 bits per heavy atom. The number of aromatic nitrogens is 1. The van der Waals surface area contributed by atoms with Gasteiger partial charge >= 0.3 is 5.97 Å². The van der Waals surface area contributed by atoms with Crippen molar-refractivity contribution in [3.63, 3.8) is 0 Å². The molecule has 5 nitrogen and oxygen atoms in total. The van der Waals surface area contributed by atoms with Gasteiger partial charge in [-0.2, -0.15) is 0 Å². The second kappa shape index (κ2) is 5.79. The van der Waals surface area contributed by atoms with Gasteiger partial charge in [-0.05, 0) is 36.4 Å². The number of hydrogen-bond acceptors (Lipinski definition) is 4. The molecule has 0 radical (unpaired) electrons. The van der Waals surface area contributed by atoms with E-state index in [1.54, 1.807) is 31.4 Å². The zero-order valence-electron chi connectivity index (χ0n) is 13.1. The van der Waals surface area contributed by atoms with Gasteiger partial charge in [0.2, 0.25) is 0 Å². The summed E-state index contributed by atoms with van der Waals surface area (Å²) in [5, 5.41) is 11.3. The Balaban J connectivity index is 1.98. The fourth-order valence-electron chi connectivity index (χ4n) is 2.82. The van der Waals surface area contributed by atoms with Crippen LogP contribution in [0.5, 0.6) is 5.75 Å². The molecule has 0 atom stereocenters. The highest BCUT2D eigenvalue weighted by Crippen LogP contribution is 2.34. The Labute approximate surface area is 147 Å². The molecule has 4 aromatic rings. The van der Waals surface area contributed by atoms with Crippen LogP contribution in [0.1, 0.15) is 10.4 Å². The van der Waals surface area contributed by atoms with Crippen molar-refractivity contribution in [2.45, 2.75) is 0 Å². The van der Waals surface area contributed by atoms with Gasteiger partial charge in [0.1, 0.15) is 5.69 Å². The molecule has 0 saturated carbocycles. The van der Waals surface area contributed by atoms with Gasteiger partial charge in [-0.1, -0.05) is 23.7 Å². The molecule has 2 aromatic heterocycles. The molecule has 124 valence electrons. The summed E-state index contributed by atoms with van der Waals surface area (Å²) in [6.45, 7) is 0. The highest BCUT2D eigenvalue weighted by atomic mass is 35.5. The number of nitrogens with zero attached hydrogens (tertiary/aromatic N) is 1. The zero-order valence-corrected chi connectivity index (χ0v) is 13.9. The van der Waals surface area contributed by atoms with Crippen LogP contribution in [0.15, 0.2) is 52.9 Å². The number of rotatable bonds is 3. The third kappa shape index (κ3) is 2.58. The van der Waals surface area contributed by atoms with Gasteiger partial charge in [-0.3, -0.25) is 0 Å². The summed E-state index contributed by atoms with van der Waals surface area (Å²) < 4.78 is 11.2. The zero-order chi connectivity index (χ0) is 17.6. The predicted octanol–water partition coefficient (Wildman–Crippen LogP) is 5.01. The van der Waals surface area contributed by atoms with Crippen LogP contribution < -0.4 is 4.74 Å². The highest BCUT2D eigenvalue weighted by Gasteiger charge is 2.17. The van der Waals surface area contributed by atoms with E-state index in [0.29, 0.717) is 38.7 Å². The van der Waals surface area contributed by atoms with Gasteiger partial charge in [0.25, 0.3) is 0 Å². The van der Waals surface area contributed by atoms with E-state index in [4.69, 9.17) is 20.8 Å². The first-order chi connectivity index (χ1) is 12.1. The lowest BCUT2D eigenvalue weighted by Gasteiger charge is -2.05. The third-order valence-corrected chi connectivity index (χ3v) is 4.22. The maximum Gasteiger partial charge on any atom is 0.336 e. The van der Waals surface area contributed by atoms with E-state index in [0.717, 1.165) is 5.39 Å². The third-order valence-electron chi connectivity index (χ3n) is 3.98. The summed E-state index contributed by atoms with van der Waals surface area (Å²) >= 11 is 5.99. The number of aromatic carboxylic acids is 1. The molecule has 0 amide bonds. The van der Waals surface area contributed by atoms with Crippen molar-refractivity contribution >= 4 is 39.4 Å². The molecule has 0 aliphatic rings. The van der Waals surface area contributed by atoms with Gasteiger partial charge in [-0.25, -0.2) is 9.78 Å². The second-order valence-corrected chi connectivity index (χ2v) is 5.95. The summed E-state index contributed by atoms with van der Waals surface area (Å²) in [6.07, 6.45) is 0. The van der Waals surface area contributed by atoms with Crippen LogP contribution in [-0.4, -0.2) is 23.2 Å². The Morgan fingerprint density at radius 2 is 2.04 bits per heavy atom. The minimum Gasteiger partial charge on any atom is -0.493 e. The van der Waals surface area contributed by atoms with E-state index in [2.05, 4.69) is 4.98 Å². The normalized spacial score (nSPS) is 11.1. The lowest BCUT2D eigenvalue weighted by molar-refractivity contribution is 0.0699. The van der Waals surface area contributed by atoms with Crippen LogP contribution in [0.2, 0.25) is 5.02 Å². The molecule has 4 rings (SSSR count). The first-order valence-corrected chi connectivity index (χ1v) is 7.85. The van der Waals surface area contributed by atoms with Crippen molar-refractivity contribution in [3.05, 3.63) is 59.1 Å². The lowest BCUT2D eigenvalue weighted by atomic mass is 10.1. The maximum absolute atomic E-state index is 11.7. The summed E-state index contributed by atoms with van der Waals surface area (Å²) in [4.78, 5) is 16.2. The first kappa shape index (κ1) is 15.5. The number of halogens is 1. The van der Waals surface area contributed by atoms with Crippen LogP contribution in [0, 0.1) is 0 Å². The number of para-hydroxylation sites is 1. The number of benzene rings is 2. The van der Waals surface area contributed by atoms with Gasteiger partial charge in [0.05, 0.1) is 18.2 Å². The molecule has 6 heteroatoms. The first-order valence-electron chi connectivity index (χ1n) is 7.47. The molecule has 0 fully saturated rings. The number of carboxylic acids is 1. The molecule has 0 aliphatic heterocycles. The number of pyridine rings is 1. The van der Waals surface area contributed by atoms with Crippen molar-refractivity contribution in [1.82, 2.24) is 4.98 Å². The number of fused-ring (bicyclic) bond motifs is 2. The monoisotopic (exact) mass is 353 g/mol.